The molecular weight excluding hydrogens is 276 g/mol. The summed E-state index contributed by atoms with van der Waals surface area (Å²) in [6.45, 7) is 0.831. The molecule has 0 aromatic heterocycles. The van der Waals surface area contributed by atoms with Gasteiger partial charge in [0.15, 0.2) is 0 Å². The number of halogens is 1. The Morgan fingerprint density at radius 3 is 2.47 bits per heavy atom. The third kappa shape index (κ3) is 3.49. The van der Waals surface area contributed by atoms with Crippen molar-refractivity contribution in [3.8, 4) is 0 Å². The van der Waals surface area contributed by atoms with Crippen LogP contribution in [0.1, 0.15) is 5.56 Å². The maximum atomic E-state index is 3.42. The maximum Gasteiger partial charge on any atom is 0.0401 e. The zero-order valence-electron chi connectivity index (χ0n) is 9.70. The third-order valence-electron chi connectivity index (χ3n) is 2.56. The number of nitrogens with one attached hydrogen (secondary N) is 2. The SMILES string of the molecule is CNc1cccc(CNc2ccc(Br)cc2)c1. The molecule has 0 radical (unpaired) electrons. The molecule has 0 fully saturated rings. The molecule has 0 spiro atoms. The van der Waals surface area contributed by atoms with E-state index in [-0.39, 0.29) is 0 Å². The number of hydrogen-bond acceptors (Lipinski definition) is 2. The van der Waals surface area contributed by atoms with E-state index in [1.54, 1.807) is 0 Å². The van der Waals surface area contributed by atoms with Crippen LogP contribution in [-0.2, 0) is 6.54 Å². The van der Waals surface area contributed by atoms with Crippen LogP contribution in [0.4, 0.5) is 11.4 Å². The van der Waals surface area contributed by atoms with E-state index in [0.717, 1.165) is 22.4 Å². The zero-order valence-corrected chi connectivity index (χ0v) is 11.3. The van der Waals surface area contributed by atoms with Crippen molar-refractivity contribution in [1.29, 1.82) is 0 Å². The van der Waals surface area contributed by atoms with Gasteiger partial charge in [0.05, 0.1) is 0 Å². The quantitative estimate of drug-likeness (QED) is 0.886. The predicted octanol–water partition coefficient (Wildman–Crippen LogP) is 4.10. The molecule has 0 unspecified atom stereocenters. The van der Waals surface area contributed by atoms with Crippen molar-refractivity contribution in [2.45, 2.75) is 6.54 Å². The molecule has 2 aromatic rings. The van der Waals surface area contributed by atoms with E-state index in [2.05, 4.69) is 63.0 Å². The van der Waals surface area contributed by atoms with Gasteiger partial charge in [-0.3, -0.25) is 0 Å². The lowest BCUT2D eigenvalue weighted by Crippen LogP contribution is -1.99. The molecule has 0 atom stereocenters. The lowest BCUT2D eigenvalue weighted by molar-refractivity contribution is 1.15. The van der Waals surface area contributed by atoms with Gasteiger partial charge in [-0.2, -0.15) is 0 Å². The topological polar surface area (TPSA) is 24.1 Å². The highest BCUT2D eigenvalue weighted by molar-refractivity contribution is 9.10. The van der Waals surface area contributed by atoms with E-state index in [4.69, 9.17) is 0 Å². The Labute approximate surface area is 110 Å². The van der Waals surface area contributed by atoms with Crippen molar-refractivity contribution in [3.05, 3.63) is 58.6 Å². The van der Waals surface area contributed by atoms with Gasteiger partial charge >= 0.3 is 0 Å². The van der Waals surface area contributed by atoms with Crippen LogP contribution in [0.25, 0.3) is 0 Å². The summed E-state index contributed by atoms with van der Waals surface area (Å²) in [7, 11) is 1.93. The van der Waals surface area contributed by atoms with Crippen molar-refractivity contribution >= 4 is 27.3 Å². The van der Waals surface area contributed by atoms with Crippen LogP contribution in [0.2, 0.25) is 0 Å². The van der Waals surface area contributed by atoms with Gasteiger partial charge in [0.25, 0.3) is 0 Å². The maximum absolute atomic E-state index is 3.42. The van der Waals surface area contributed by atoms with Crippen LogP contribution in [-0.4, -0.2) is 7.05 Å². The lowest BCUT2D eigenvalue weighted by Gasteiger charge is -2.08. The highest BCUT2D eigenvalue weighted by Gasteiger charge is 1.95. The van der Waals surface area contributed by atoms with Gasteiger partial charge in [-0.1, -0.05) is 28.1 Å². The van der Waals surface area contributed by atoms with Crippen LogP contribution in [0.5, 0.6) is 0 Å². The highest BCUT2D eigenvalue weighted by atomic mass is 79.9. The van der Waals surface area contributed by atoms with Crippen LogP contribution >= 0.6 is 15.9 Å². The number of anilines is 2. The molecule has 0 bridgehead atoms. The smallest absolute Gasteiger partial charge is 0.0401 e. The van der Waals surface area contributed by atoms with Crippen molar-refractivity contribution in [3.63, 3.8) is 0 Å². The second-order valence-corrected chi connectivity index (χ2v) is 4.73. The van der Waals surface area contributed by atoms with Crippen LogP contribution in [0.3, 0.4) is 0 Å². The molecule has 17 heavy (non-hydrogen) atoms. The number of rotatable bonds is 4. The molecule has 0 amide bonds. The van der Waals surface area contributed by atoms with E-state index in [1.807, 2.05) is 19.2 Å². The van der Waals surface area contributed by atoms with Crippen molar-refractivity contribution < 1.29 is 0 Å². The first-order valence-corrected chi connectivity index (χ1v) is 6.33. The second-order valence-electron chi connectivity index (χ2n) is 3.81. The Morgan fingerprint density at radius 2 is 1.76 bits per heavy atom. The van der Waals surface area contributed by atoms with E-state index < -0.39 is 0 Å². The summed E-state index contributed by atoms with van der Waals surface area (Å²) in [5.74, 6) is 0. The van der Waals surface area contributed by atoms with Gasteiger partial charge in [-0.25, -0.2) is 0 Å². The Hall–Kier alpha value is -1.48. The fraction of sp³-hybridized carbons (Fsp3) is 0.143. The first kappa shape index (κ1) is 12.0. The summed E-state index contributed by atoms with van der Waals surface area (Å²) in [6, 6.07) is 16.6. The normalized spacial score (nSPS) is 10.0. The molecular formula is C14H15BrN2. The summed E-state index contributed by atoms with van der Waals surface area (Å²) in [5, 5.41) is 6.53. The minimum atomic E-state index is 0.831. The molecule has 0 saturated heterocycles. The van der Waals surface area contributed by atoms with Gasteiger partial charge < -0.3 is 10.6 Å². The van der Waals surface area contributed by atoms with Crippen molar-refractivity contribution in [2.24, 2.45) is 0 Å². The first-order chi connectivity index (χ1) is 8.28. The van der Waals surface area contributed by atoms with Gasteiger partial charge in [-0.05, 0) is 42.0 Å². The molecule has 88 valence electrons. The molecule has 0 aliphatic carbocycles. The van der Waals surface area contributed by atoms with Crippen molar-refractivity contribution in [1.82, 2.24) is 0 Å². The van der Waals surface area contributed by atoms with E-state index in [9.17, 15) is 0 Å². The molecule has 3 heteroatoms. The highest BCUT2D eigenvalue weighted by Crippen LogP contribution is 2.16. The van der Waals surface area contributed by atoms with Gasteiger partial charge in [0, 0.05) is 29.4 Å². The Morgan fingerprint density at radius 1 is 1.00 bits per heavy atom. The molecule has 2 nitrogen and oxygen atoms in total. The molecule has 0 aliphatic rings. The monoisotopic (exact) mass is 290 g/mol. The third-order valence-corrected chi connectivity index (χ3v) is 3.09. The fourth-order valence-corrected chi connectivity index (χ4v) is 1.87. The van der Waals surface area contributed by atoms with Gasteiger partial charge in [-0.15, -0.1) is 0 Å². The summed E-state index contributed by atoms with van der Waals surface area (Å²) < 4.78 is 1.10. The Kier molecular flexibility index (Phi) is 4.04. The van der Waals surface area contributed by atoms with Crippen LogP contribution in [0.15, 0.2) is 53.0 Å². The average Bonchev–Trinajstić information content (AvgIpc) is 2.38. The molecule has 0 saturated carbocycles. The second kappa shape index (κ2) is 5.73. The van der Waals surface area contributed by atoms with E-state index in [0.29, 0.717) is 0 Å². The van der Waals surface area contributed by atoms with Gasteiger partial charge in [0.2, 0.25) is 0 Å². The average molecular weight is 291 g/mol. The summed E-state index contributed by atoms with van der Waals surface area (Å²) >= 11 is 3.42. The summed E-state index contributed by atoms with van der Waals surface area (Å²) in [6.07, 6.45) is 0. The summed E-state index contributed by atoms with van der Waals surface area (Å²) in [5.41, 5.74) is 3.53. The Bertz CT molecular complexity index is 480. The van der Waals surface area contributed by atoms with E-state index in [1.165, 1.54) is 5.56 Å². The zero-order chi connectivity index (χ0) is 12.1. The molecule has 0 heterocycles. The lowest BCUT2D eigenvalue weighted by atomic mass is 10.2. The molecule has 2 aromatic carbocycles. The van der Waals surface area contributed by atoms with Crippen LogP contribution < -0.4 is 10.6 Å². The minimum absolute atomic E-state index is 0.831. The van der Waals surface area contributed by atoms with E-state index >= 15 is 0 Å². The summed E-state index contributed by atoms with van der Waals surface area (Å²) in [4.78, 5) is 0. The minimum Gasteiger partial charge on any atom is -0.388 e. The molecule has 2 rings (SSSR count). The van der Waals surface area contributed by atoms with Crippen LogP contribution in [0, 0.1) is 0 Å². The number of hydrogen-bond donors (Lipinski definition) is 2. The van der Waals surface area contributed by atoms with Gasteiger partial charge in [0.1, 0.15) is 0 Å². The fourth-order valence-electron chi connectivity index (χ4n) is 1.61. The Balaban J connectivity index is 1.99. The first-order valence-electron chi connectivity index (χ1n) is 5.54. The largest absolute Gasteiger partial charge is 0.388 e. The number of benzene rings is 2. The molecule has 0 aliphatic heterocycles. The molecule has 2 N–H and O–H groups in total. The predicted molar refractivity (Wildman–Crippen MR) is 77.5 cm³/mol. The van der Waals surface area contributed by atoms with Crippen molar-refractivity contribution in [2.75, 3.05) is 17.7 Å². The standard InChI is InChI=1S/C14H15BrN2/c1-16-14-4-2-3-11(9-14)10-17-13-7-5-12(15)6-8-13/h2-9,16-17H,10H2,1H3.